The fraction of sp³-hybridized carbons (Fsp3) is 0.133. The normalized spacial score (nSPS) is 10.2. The summed E-state index contributed by atoms with van der Waals surface area (Å²) in [6, 6.07) is 19.0. The Labute approximate surface area is 230 Å². The van der Waals surface area contributed by atoms with Gasteiger partial charge in [0.05, 0.1) is 30.0 Å². The van der Waals surface area contributed by atoms with Gasteiger partial charge in [0.1, 0.15) is 18.2 Å². The molecule has 4 aromatic rings. The zero-order chi connectivity index (χ0) is 28.3. The minimum absolute atomic E-state index is 0.0609. The van der Waals surface area contributed by atoms with E-state index in [1.807, 2.05) is 30.3 Å². The van der Waals surface area contributed by atoms with Crippen LogP contribution in [0.1, 0.15) is 27.9 Å². The van der Waals surface area contributed by atoms with Crippen LogP contribution in [0.2, 0.25) is 0 Å². The van der Waals surface area contributed by atoms with Crippen LogP contribution in [0.25, 0.3) is 11.4 Å². The molecule has 0 aliphatic rings. The summed E-state index contributed by atoms with van der Waals surface area (Å²) in [5.41, 5.74) is 2.39. The molecule has 1 aromatic heterocycles. The molecule has 10 heteroatoms. The number of imidazole rings is 1. The van der Waals surface area contributed by atoms with E-state index in [0.717, 1.165) is 5.56 Å². The molecule has 0 saturated heterocycles. The quantitative estimate of drug-likeness (QED) is 0.0983. The molecule has 4 rings (SSSR count). The number of Topliss-reactive ketones (excluding diaryl/α,β-unsaturated/α-hetero) is 1. The Morgan fingerprint density at radius 1 is 0.950 bits per heavy atom. The Balaban J connectivity index is 1.60. The molecular formula is C30H26N4O6. The Morgan fingerprint density at radius 3 is 2.48 bits per heavy atom. The number of amides is 2. The van der Waals surface area contributed by atoms with Crippen molar-refractivity contribution in [3.8, 4) is 29.0 Å². The molecule has 4 N–H and O–H groups in total. The molecule has 0 spiro atoms. The van der Waals surface area contributed by atoms with Crippen LogP contribution in [-0.4, -0.2) is 53.2 Å². The lowest BCUT2D eigenvalue weighted by molar-refractivity contribution is -0.115. The third kappa shape index (κ3) is 7.56. The number of aromatic nitrogens is 2. The van der Waals surface area contributed by atoms with E-state index in [-0.39, 0.29) is 18.0 Å². The number of hydrogen-bond donors (Lipinski definition) is 4. The second-order valence-electron chi connectivity index (χ2n) is 8.45. The van der Waals surface area contributed by atoms with Crippen LogP contribution in [0, 0.1) is 11.8 Å². The van der Waals surface area contributed by atoms with Crippen LogP contribution in [0.4, 0.5) is 16.2 Å². The van der Waals surface area contributed by atoms with E-state index in [1.54, 1.807) is 36.7 Å². The number of ketones is 1. The van der Waals surface area contributed by atoms with Crippen LogP contribution in [0.15, 0.2) is 79.1 Å². The number of nitrogens with zero attached hydrogens (tertiary/aromatic N) is 1. The van der Waals surface area contributed by atoms with Gasteiger partial charge in [-0.25, -0.2) is 9.78 Å². The van der Waals surface area contributed by atoms with Gasteiger partial charge in [0, 0.05) is 42.3 Å². The number of nitrogens with one attached hydrogen (secondary N) is 3. The molecule has 1 heterocycles. The number of anilines is 2. The lowest BCUT2D eigenvalue weighted by atomic mass is 10.0. The number of carbonyl (C=O) groups is 3. The van der Waals surface area contributed by atoms with Gasteiger partial charge in [-0.1, -0.05) is 48.2 Å². The summed E-state index contributed by atoms with van der Waals surface area (Å²) in [5.74, 6) is 5.90. The first kappa shape index (κ1) is 27.6. The molecule has 0 saturated carbocycles. The van der Waals surface area contributed by atoms with Gasteiger partial charge in [-0.15, -0.1) is 0 Å². The largest absolute Gasteiger partial charge is 0.490 e. The average molecular weight is 539 g/mol. The average Bonchev–Trinajstić information content (AvgIpc) is 3.49. The number of ether oxygens (including phenoxy) is 2. The molecule has 0 bridgehead atoms. The maximum absolute atomic E-state index is 12.9. The maximum atomic E-state index is 12.9. The topological polar surface area (TPSA) is 143 Å². The van der Waals surface area contributed by atoms with E-state index in [4.69, 9.17) is 9.47 Å². The summed E-state index contributed by atoms with van der Waals surface area (Å²) in [4.78, 5) is 44.5. The highest BCUT2D eigenvalue weighted by Crippen LogP contribution is 2.32. The van der Waals surface area contributed by atoms with Gasteiger partial charge >= 0.3 is 6.09 Å². The number of benzene rings is 3. The van der Waals surface area contributed by atoms with Gasteiger partial charge < -0.3 is 24.9 Å². The van der Waals surface area contributed by atoms with E-state index in [1.165, 1.54) is 19.2 Å². The third-order valence-corrected chi connectivity index (χ3v) is 5.57. The fourth-order valence-corrected chi connectivity index (χ4v) is 3.72. The van der Waals surface area contributed by atoms with Crippen LogP contribution in [-0.2, 0) is 9.53 Å². The summed E-state index contributed by atoms with van der Waals surface area (Å²) < 4.78 is 10.8. The second-order valence-corrected chi connectivity index (χ2v) is 8.45. The summed E-state index contributed by atoms with van der Waals surface area (Å²) >= 11 is 0. The molecule has 10 nitrogen and oxygen atoms in total. The standard InChI is InChI=1S/C30H26N4O6/c1-39-14-15-40-27-18-25(34-30(37)38)24(17-22(27)11-10-20-6-3-2-4-7-20)33-28(36)19-26(35)21-8-5-9-23(16-21)29-31-12-13-32-29/h2-9,12-13,16-18,34H,14-15,19H2,1H3,(H,31,32)(H,33,36)(H,37,38). The summed E-state index contributed by atoms with van der Waals surface area (Å²) in [7, 11) is 1.53. The number of methoxy groups -OCH3 is 1. The van der Waals surface area contributed by atoms with E-state index in [2.05, 4.69) is 32.4 Å². The highest BCUT2D eigenvalue weighted by Gasteiger charge is 2.18. The van der Waals surface area contributed by atoms with Gasteiger partial charge in [0.15, 0.2) is 5.78 Å². The van der Waals surface area contributed by atoms with Crippen LogP contribution >= 0.6 is 0 Å². The first-order chi connectivity index (χ1) is 19.4. The Morgan fingerprint density at radius 2 is 1.75 bits per heavy atom. The van der Waals surface area contributed by atoms with E-state index in [9.17, 15) is 19.5 Å². The van der Waals surface area contributed by atoms with Crippen LogP contribution in [0.3, 0.4) is 0 Å². The Hall–Kier alpha value is -5.40. The molecule has 3 aromatic carbocycles. The van der Waals surface area contributed by atoms with Gasteiger partial charge in [-0.2, -0.15) is 0 Å². The van der Waals surface area contributed by atoms with Crippen molar-refractivity contribution in [3.63, 3.8) is 0 Å². The van der Waals surface area contributed by atoms with Crippen molar-refractivity contribution in [2.24, 2.45) is 0 Å². The predicted molar refractivity (Wildman–Crippen MR) is 149 cm³/mol. The molecule has 2 amide bonds. The van der Waals surface area contributed by atoms with Gasteiger partial charge in [0.2, 0.25) is 5.91 Å². The Bertz CT molecular complexity index is 1560. The van der Waals surface area contributed by atoms with Crippen molar-refractivity contribution in [2.45, 2.75) is 6.42 Å². The molecule has 0 aliphatic carbocycles. The SMILES string of the molecule is COCCOc1cc(NC(=O)O)c(NC(=O)CC(=O)c2cccc(-c3ncc[nH]3)c2)cc1C#Cc1ccccc1. The molecular weight excluding hydrogens is 512 g/mol. The monoisotopic (exact) mass is 538 g/mol. The number of aromatic amines is 1. The molecule has 0 radical (unpaired) electrons. The second kappa shape index (κ2) is 13.4. The van der Waals surface area contributed by atoms with Crippen molar-refractivity contribution < 1.29 is 29.0 Å². The first-order valence-corrected chi connectivity index (χ1v) is 12.2. The highest BCUT2D eigenvalue weighted by atomic mass is 16.5. The van der Waals surface area contributed by atoms with E-state index in [0.29, 0.717) is 34.9 Å². The van der Waals surface area contributed by atoms with E-state index < -0.39 is 24.2 Å². The number of H-pyrrole nitrogens is 1. The lowest BCUT2D eigenvalue weighted by Gasteiger charge is -2.15. The molecule has 40 heavy (non-hydrogen) atoms. The van der Waals surface area contributed by atoms with Crippen LogP contribution in [0.5, 0.6) is 5.75 Å². The molecule has 0 aliphatic heterocycles. The summed E-state index contributed by atoms with van der Waals surface area (Å²) in [6.45, 7) is 0.495. The predicted octanol–water partition coefficient (Wildman–Crippen LogP) is 4.80. The highest BCUT2D eigenvalue weighted by molar-refractivity contribution is 6.12. The zero-order valence-electron chi connectivity index (χ0n) is 21.6. The Kier molecular flexibility index (Phi) is 9.26. The number of carboxylic acid groups (broad SMARTS) is 1. The number of hydrogen-bond acceptors (Lipinski definition) is 6. The first-order valence-electron chi connectivity index (χ1n) is 12.2. The van der Waals surface area contributed by atoms with Crippen molar-refractivity contribution >= 4 is 29.2 Å². The summed E-state index contributed by atoms with van der Waals surface area (Å²) in [5, 5.41) is 14.3. The van der Waals surface area contributed by atoms with E-state index >= 15 is 0 Å². The van der Waals surface area contributed by atoms with Gasteiger partial charge in [-0.05, 0) is 24.3 Å². The smallest absolute Gasteiger partial charge is 0.409 e. The summed E-state index contributed by atoms with van der Waals surface area (Å²) in [6.07, 6.45) is 1.47. The maximum Gasteiger partial charge on any atom is 0.409 e. The molecule has 0 fully saturated rings. The van der Waals surface area contributed by atoms with Crippen LogP contribution < -0.4 is 15.4 Å². The number of carbonyl (C=O) groups excluding carboxylic acids is 2. The van der Waals surface area contributed by atoms with Crippen molar-refractivity contribution in [3.05, 3.63) is 95.8 Å². The van der Waals surface area contributed by atoms with Gasteiger partial charge in [-0.3, -0.25) is 14.9 Å². The molecule has 202 valence electrons. The lowest BCUT2D eigenvalue weighted by Crippen LogP contribution is -2.19. The van der Waals surface area contributed by atoms with Crippen molar-refractivity contribution in [2.75, 3.05) is 31.0 Å². The van der Waals surface area contributed by atoms with Gasteiger partial charge in [0.25, 0.3) is 0 Å². The molecule has 0 unspecified atom stereocenters. The van der Waals surface area contributed by atoms with Crippen molar-refractivity contribution in [1.29, 1.82) is 0 Å². The third-order valence-electron chi connectivity index (χ3n) is 5.57. The zero-order valence-corrected chi connectivity index (χ0v) is 21.6. The minimum Gasteiger partial charge on any atom is -0.490 e. The molecule has 0 atom stereocenters. The fourth-order valence-electron chi connectivity index (χ4n) is 3.72. The van der Waals surface area contributed by atoms with Crippen molar-refractivity contribution in [1.82, 2.24) is 9.97 Å². The number of rotatable bonds is 10. The minimum atomic E-state index is -1.34.